The van der Waals surface area contributed by atoms with E-state index in [0.717, 1.165) is 5.56 Å². The van der Waals surface area contributed by atoms with Crippen molar-refractivity contribution in [1.29, 1.82) is 0 Å². The third-order valence-electron chi connectivity index (χ3n) is 3.56. The van der Waals surface area contributed by atoms with Crippen LogP contribution in [0, 0.1) is 13.8 Å². The number of halogens is 1. The molecule has 0 saturated heterocycles. The van der Waals surface area contributed by atoms with Crippen LogP contribution in [0.25, 0.3) is 0 Å². The standard InChI is InChI=1S/C18H21ClN2O4S/c1-13-3-4-14(2)17(11-13)26(23,24)21-10-9-20-18(22)12-25-16-7-5-15(19)6-8-16/h3-8,11,21H,9-10,12H2,1-2H3,(H,20,22). The summed E-state index contributed by atoms with van der Waals surface area (Å²) in [7, 11) is -3.62. The molecule has 0 fully saturated rings. The molecule has 2 rings (SSSR count). The molecule has 0 aliphatic rings. The molecule has 0 radical (unpaired) electrons. The van der Waals surface area contributed by atoms with Crippen molar-refractivity contribution in [2.45, 2.75) is 18.7 Å². The predicted molar refractivity (Wildman–Crippen MR) is 101 cm³/mol. The minimum absolute atomic E-state index is 0.0857. The highest BCUT2D eigenvalue weighted by Gasteiger charge is 2.16. The summed E-state index contributed by atoms with van der Waals surface area (Å²) in [5.41, 5.74) is 1.53. The summed E-state index contributed by atoms with van der Waals surface area (Å²) in [6.45, 7) is 3.66. The number of hydrogen-bond donors (Lipinski definition) is 2. The third kappa shape index (κ3) is 6.01. The highest BCUT2D eigenvalue weighted by atomic mass is 35.5. The van der Waals surface area contributed by atoms with Gasteiger partial charge in [0, 0.05) is 18.1 Å². The van der Waals surface area contributed by atoms with Crippen LogP contribution >= 0.6 is 11.6 Å². The van der Waals surface area contributed by atoms with Gasteiger partial charge >= 0.3 is 0 Å². The molecule has 0 atom stereocenters. The second-order valence-electron chi connectivity index (χ2n) is 5.76. The fourth-order valence-corrected chi connectivity index (χ4v) is 3.68. The van der Waals surface area contributed by atoms with E-state index in [4.69, 9.17) is 16.3 Å². The van der Waals surface area contributed by atoms with Gasteiger partial charge in [0.1, 0.15) is 5.75 Å². The van der Waals surface area contributed by atoms with E-state index in [-0.39, 0.29) is 30.5 Å². The fraction of sp³-hybridized carbons (Fsp3) is 0.278. The predicted octanol–water partition coefficient (Wildman–Crippen LogP) is 2.43. The smallest absolute Gasteiger partial charge is 0.257 e. The minimum Gasteiger partial charge on any atom is -0.484 e. The van der Waals surface area contributed by atoms with Crippen molar-refractivity contribution in [3.63, 3.8) is 0 Å². The molecular weight excluding hydrogens is 376 g/mol. The van der Waals surface area contributed by atoms with E-state index in [2.05, 4.69) is 10.0 Å². The molecule has 0 aliphatic carbocycles. The van der Waals surface area contributed by atoms with Gasteiger partial charge in [0.2, 0.25) is 10.0 Å². The summed E-state index contributed by atoms with van der Waals surface area (Å²) >= 11 is 5.77. The van der Waals surface area contributed by atoms with E-state index in [0.29, 0.717) is 16.3 Å². The molecule has 8 heteroatoms. The van der Waals surface area contributed by atoms with E-state index in [9.17, 15) is 13.2 Å². The maximum Gasteiger partial charge on any atom is 0.257 e. The normalized spacial score (nSPS) is 11.2. The summed E-state index contributed by atoms with van der Waals surface area (Å²) < 4.78 is 32.4. The van der Waals surface area contributed by atoms with Crippen molar-refractivity contribution in [3.05, 3.63) is 58.6 Å². The lowest BCUT2D eigenvalue weighted by molar-refractivity contribution is -0.123. The molecule has 0 saturated carbocycles. The van der Waals surface area contributed by atoms with Crippen LogP contribution in [0.4, 0.5) is 0 Å². The van der Waals surface area contributed by atoms with Crippen molar-refractivity contribution >= 4 is 27.5 Å². The van der Waals surface area contributed by atoms with Gasteiger partial charge in [-0.25, -0.2) is 13.1 Å². The molecular formula is C18H21ClN2O4S. The number of rotatable bonds is 8. The molecule has 0 heterocycles. The van der Waals surface area contributed by atoms with Gasteiger partial charge in [0.25, 0.3) is 5.91 Å². The molecule has 1 amide bonds. The fourth-order valence-electron chi connectivity index (χ4n) is 2.19. The Morgan fingerprint density at radius 3 is 2.46 bits per heavy atom. The molecule has 0 aromatic heterocycles. The molecule has 140 valence electrons. The number of hydrogen-bond acceptors (Lipinski definition) is 4. The zero-order valence-electron chi connectivity index (χ0n) is 14.6. The van der Waals surface area contributed by atoms with Crippen LogP contribution in [-0.4, -0.2) is 34.0 Å². The summed E-state index contributed by atoms with van der Waals surface area (Å²) in [5.74, 6) is 0.186. The van der Waals surface area contributed by atoms with Crippen LogP contribution in [0.5, 0.6) is 5.75 Å². The maximum absolute atomic E-state index is 12.3. The number of carbonyl (C=O) groups excluding carboxylic acids is 1. The Morgan fingerprint density at radius 1 is 1.08 bits per heavy atom. The zero-order chi connectivity index (χ0) is 19.2. The van der Waals surface area contributed by atoms with Crippen molar-refractivity contribution in [2.75, 3.05) is 19.7 Å². The molecule has 2 N–H and O–H groups in total. The number of carbonyl (C=O) groups is 1. The van der Waals surface area contributed by atoms with Gasteiger partial charge in [0.15, 0.2) is 6.61 Å². The lowest BCUT2D eigenvalue weighted by Gasteiger charge is -2.11. The Hall–Kier alpha value is -2.09. The molecule has 0 aliphatic heterocycles. The van der Waals surface area contributed by atoms with Crippen LogP contribution in [0.1, 0.15) is 11.1 Å². The molecule has 0 spiro atoms. The molecule has 6 nitrogen and oxygen atoms in total. The summed E-state index contributed by atoms with van der Waals surface area (Å²) in [4.78, 5) is 12.0. The van der Waals surface area contributed by atoms with E-state index < -0.39 is 10.0 Å². The number of sulfonamides is 1. The highest BCUT2D eigenvalue weighted by Crippen LogP contribution is 2.16. The number of amides is 1. The van der Waals surface area contributed by atoms with Gasteiger partial charge in [-0.2, -0.15) is 0 Å². The first-order chi connectivity index (χ1) is 12.3. The van der Waals surface area contributed by atoms with Crippen LogP contribution < -0.4 is 14.8 Å². The van der Waals surface area contributed by atoms with Gasteiger partial charge in [0.05, 0.1) is 4.90 Å². The maximum atomic E-state index is 12.3. The van der Waals surface area contributed by atoms with Crippen molar-refractivity contribution in [1.82, 2.24) is 10.0 Å². The van der Waals surface area contributed by atoms with Crippen molar-refractivity contribution in [3.8, 4) is 5.75 Å². The number of nitrogens with one attached hydrogen (secondary N) is 2. The Kier molecular flexibility index (Phi) is 7.02. The largest absolute Gasteiger partial charge is 0.484 e. The Labute approximate surface area is 158 Å². The second kappa shape index (κ2) is 9.02. The van der Waals surface area contributed by atoms with Gasteiger partial charge < -0.3 is 10.1 Å². The van der Waals surface area contributed by atoms with Gasteiger partial charge in [-0.1, -0.05) is 23.7 Å². The van der Waals surface area contributed by atoms with E-state index in [1.54, 1.807) is 43.3 Å². The number of ether oxygens (including phenoxy) is 1. The highest BCUT2D eigenvalue weighted by molar-refractivity contribution is 7.89. The Morgan fingerprint density at radius 2 is 1.77 bits per heavy atom. The topological polar surface area (TPSA) is 84.5 Å². The molecule has 2 aromatic carbocycles. The Bertz CT molecular complexity index is 867. The lowest BCUT2D eigenvalue weighted by atomic mass is 10.2. The summed E-state index contributed by atoms with van der Waals surface area (Å²) in [6, 6.07) is 11.9. The monoisotopic (exact) mass is 396 g/mol. The first-order valence-corrected chi connectivity index (χ1v) is 9.86. The molecule has 26 heavy (non-hydrogen) atoms. The average Bonchev–Trinajstić information content (AvgIpc) is 2.60. The van der Waals surface area contributed by atoms with Gasteiger partial charge in [-0.05, 0) is 55.3 Å². The van der Waals surface area contributed by atoms with Crippen molar-refractivity contribution in [2.24, 2.45) is 0 Å². The van der Waals surface area contributed by atoms with Crippen LogP contribution in [-0.2, 0) is 14.8 Å². The van der Waals surface area contributed by atoms with E-state index in [1.807, 2.05) is 13.0 Å². The van der Waals surface area contributed by atoms with Crippen LogP contribution in [0.3, 0.4) is 0 Å². The quantitative estimate of drug-likeness (QED) is 0.671. The van der Waals surface area contributed by atoms with E-state index >= 15 is 0 Å². The molecule has 2 aromatic rings. The number of aryl methyl sites for hydroxylation is 2. The van der Waals surface area contributed by atoms with E-state index in [1.165, 1.54) is 0 Å². The summed E-state index contributed by atoms with van der Waals surface area (Å²) in [6.07, 6.45) is 0. The first kappa shape index (κ1) is 20.2. The molecule has 0 bridgehead atoms. The zero-order valence-corrected chi connectivity index (χ0v) is 16.2. The molecule has 0 unspecified atom stereocenters. The van der Waals surface area contributed by atoms with Gasteiger partial charge in [-0.3, -0.25) is 4.79 Å². The third-order valence-corrected chi connectivity index (χ3v) is 5.41. The first-order valence-electron chi connectivity index (χ1n) is 8.00. The summed E-state index contributed by atoms with van der Waals surface area (Å²) in [5, 5.41) is 3.18. The minimum atomic E-state index is -3.62. The van der Waals surface area contributed by atoms with Gasteiger partial charge in [-0.15, -0.1) is 0 Å². The van der Waals surface area contributed by atoms with Crippen LogP contribution in [0.15, 0.2) is 47.4 Å². The average molecular weight is 397 g/mol. The Balaban J connectivity index is 1.76. The van der Waals surface area contributed by atoms with Crippen molar-refractivity contribution < 1.29 is 17.9 Å². The number of benzene rings is 2. The second-order valence-corrected chi connectivity index (χ2v) is 7.93. The lowest BCUT2D eigenvalue weighted by Crippen LogP contribution is -2.37. The van der Waals surface area contributed by atoms with Crippen LogP contribution in [0.2, 0.25) is 5.02 Å². The SMILES string of the molecule is Cc1ccc(C)c(S(=O)(=O)NCCNC(=O)COc2ccc(Cl)cc2)c1.